The van der Waals surface area contributed by atoms with Crippen LogP contribution in [0.3, 0.4) is 0 Å². The second-order valence-electron chi connectivity index (χ2n) is 7.24. The zero-order chi connectivity index (χ0) is 13.8. The molecule has 112 valence electrons. The molecular weight excluding hydrogens is 232 g/mol. The van der Waals surface area contributed by atoms with Gasteiger partial charge in [-0.25, -0.2) is 0 Å². The Morgan fingerprint density at radius 3 is 2.16 bits per heavy atom. The monoisotopic (exact) mass is 266 g/mol. The topological polar surface area (TPSA) is 15.3 Å². The molecule has 0 aromatic carbocycles. The molecule has 2 fully saturated rings. The van der Waals surface area contributed by atoms with E-state index < -0.39 is 0 Å². The van der Waals surface area contributed by atoms with Crippen molar-refractivity contribution in [3.05, 3.63) is 0 Å². The van der Waals surface area contributed by atoms with Crippen LogP contribution in [-0.2, 0) is 0 Å². The number of nitrogens with one attached hydrogen (secondary N) is 1. The average Bonchev–Trinajstić information content (AvgIpc) is 3.22. The summed E-state index contributed by atoms with van der Waals surface area (Å²) in [7, 11) is 2.37. The predicted octanol–water partition coefficient (Wildman–Crippen LogP) is 3.66. The maximum absolute atomic E-state index is 3.74. The van der Waals surface area contributed by atoms with Gasteiger partial charge >= 0.3 is 0 Å². The van der Waals surface area contributed by atoms with Gasteiger partial charge in [-0.05, 0) is 57.4 Å². The van der Waals surface area contributed by atoms with Crippen LogP contribution in [0.2, 0.25) is 0 Å². The molecule has 2 aliphatic rings. The third-order valence-corrected chi connectivity index (χ3v) is 5.46. The predicted molar refractivity (Wildman–Crippen MR) is 83.5 cm³/mol. The summed E-state index contributed by atoms with van der Waals surface area (Å²) in [6.45, 7) is 8.30. The van der Waals surface area contributed by atoms with E-state index >= 15 is 0 Å². The van der Waals surface area contributed by atoms with Crippen LogP contribution in [0.25, 0.3) is 0 Å². The van der Waals surface area contributed by atoms with Gasteiger partial charge in [0.1, 0.15) is 0 Å². The largest absolute Gasteiger partial charge is 0.312 e. The highest BCUT2D eigenvalue weighted by Gasteiger charge is 2.30. The highest BCUT2D eigenvalue weighted by molar-refractivity contribution is 4.88. The Bertz CT molecular complexity index is 252. The molecule has 2 saturated carbocycles. The second kappa shape index (κ2) is 7.08. The van der Waals surface area contributed by atoms with Crippen molar-refractivity contribution in [3.8, 4) is 0 Å². The van der Waals surface area contributed by atoms with Crippen molar-refractivity contribution in [1.82, 2.24) is 10.2 Å². The van der Waals surface area contributed by atoms with Crippen molar-refractivity contribution in [2.24, 2.45) is 11.8 Å². The lowest BCUT2D eigenvalue weighted by Gasteiger charge is -2.41. The number of likely N-dealkylation sites (N-methyl/N-ethyl adjacent to an activating group) is 1. The first-order valence-electron chi connectivity index (χ1n) is 8.57. The molecule has 0 aromatic heterocycles. The van der Waals surface area contributed by atoms with Crippen LogP contribution in [-0.4, -0.2) is 36.6 Å². The van der Waals surface area contributed by atoms with Crippen LogP contribution in [0.5, 0.6) is 0 Å². The molecule has 0 aromatic rings. The molecule has 19 heavy (non-hydrogen) atoms. The minimum absolute atomic E-state index is 0.712. The highest BCUT2D eigenvalue weighted by Crippen LogP contribution is 2.30. The van der Waals surface area contributed by atoms with E-state index in [0.717, 1.165) is 23.9 Å². The molecule has 0 aliphatic heterocycles. The van der Waals surface area contributed by atoms with Gasteiger partial charge < -0.3 is 5.32 Å². The Kier molecular flexibility index (Phi) is 5.70. The molecule has 1 unspecified atom stereocenters. The summed E-state index contributed by atoms with van der Waals surface area (Å²) in [6, 6.07) is 2.38. The lowest BCUT2D eigenvalue weighted by Crippen LogP contribution is -2.49. The van der Waals surface area contributed by atoms with Gasteiger partial charge in [-0.3, -0.25) is 4.90 Å². The van der Waals surface area contributed by atoms with Crippen LogP contribution < -0.4 is 5.32 Å². The first kappa shape index (κ1) is 15.3. The minimum Gasteiger partial charge on any atom is -0.312 e. The van der Waals surface area contributed by atoms with Gasteiger partial charge in [0.05, 0.1) is 0 Å². The van der Waals surface area contributed by atoms with E-state index in [1.807, 2.05) is 0 Å². The first-order valence-corrected chi connectivity index (χ1v) is 8.57. The van der Waals surface area contributed by atoms with E-state index in [-0.39, 0.29) is 0 Å². The Balaban J connectivity index is 1.81. The van der Waals surface area contributed by atoms with Crippen molar-refractivity contribution in [2.75, 3.05) is 13.6 Å². The lowest BCUT2D eigenvalue weighted by atomic mass is 9.83. The van der Waals surface area contributed by atoms with E-state index in [1.165, 1.54) is 51.5 Å². The van der Waals surface area contributed by atoms with Gasteiger partial charge in [0.25, 0.3) is 0 Å². The zero-order valence-corrected chi connectivity index (χ0v) is 13.5. The van der Waals surface area contributed by atoms with Crippen LogP contribution in [0.15, 0.2) is 0 Å². The van der Waals surface area contributed by atoms with Gasteiger partial charge in [-0.2, -0.15) is 0 Å². The van der Waals surface area contributed by atoms with E-state index in [2.05, 4.69) is 38.0 Å². The molecule has 1 atom stereocenters. The fourth-order valence-corrected chi connectivity index (χ4v) is 3.66. The molecule has 0 saturated heterocycles. The number of hydrogen-bond acceptors (Lipinski definition) is 2. The van der Waals surface area contributed by atoms with Crippen molar-refractivity contribution >= 4 is 0 Å². The van der Waals surface area contributed by atoms with Crippen LogP contribution in [0.4, 0.5) is 0 Å². The molecule has 0 bridgehead atoms. The Morgan fingerprint density at radius 2 is 1.68 bits per heavy atom. The van der Waals surface area contributed by atoms with E-state index in [9.17, 15) is 0 Å². The summed E-state index contributed by atoms with van der Waals surface area (Å²) >= 11 is 0. The molecule has 0 heterocycles. The summed E-state index contributed by atoms with van der Waals surface area (Å²) in [5, 5.41) is 3.74. The fourth-order valence-electron chi connectivity index (χ4n) is 3.66. The van der Waals surface area contributed by atoms with Crippen molar-refractivity contribution in [1.29, 1.82) is 0 Å². The summed E-state index contributed by atoms with van der Waals surface area (Å²) in [5.41, 5.74) is 0. The number of nitrogens with zero attached hydrogens (tertiary/aromatic N) is 1. The van der Waals surface area contributed by atoms with Crippen molar-refractivity contribution in [3.63, 3.8) is 0 Å². The Hall–Kier alpha value is -0.0800. The standard InChI is InChI=1S/C17H34N2/c1-5-14-6-10-16(11-7-14)19(4)17(13(2)3)12-18-15-8-9-15/h13-18H,5-12H2,1-4H3. The molecule has 2 aliphatic carbocycles. The molecule has 0 amide bonds. The average molecular weight is 266 g/mol. The van der Waals surface area contributed by atoms with Crippen LogP contribution >= 0.6 is 0 Å². The summed E-state index contributed by atoms with van der Waals surface area (Å²) in [4.78, 5) is 2.70. The van der Waals surface area contributed by atoms with Crippen LogP contribution in [0.1, 0.15) is 65.7 Å². The lowest BCUT2D eigenvalue weighted by molar-refractivity contribution is 0.0931. The maximum Gasteiger partial charge on any atom is 0.0243 e. The normalized spacial score (nSPS) is 30.0. The molecule has 2 nitrogen and oxygen atoms in total. The maximum atomic E-state index is 3.74. The molecule has 0 radical (unpaired) electrons. The number of rotatable bonds is 7. The molecule has 2 heteroatoms. The Labute approximate surface area is 120 Å². The van der Waals surface area contributed by atoms with Gasteiger partial charge in [-0.15, -0.1) is 0 Å². The van der Waals surface area contributed by atoms with E-state index in [0.29, 0.717) is 6.04 Å². The third-order valence-electron chi connectivity index (χ3n) is 5.46. The molecular formula is C17H34N2. The van der Waals surface area contributed by atoms with Crippen LogP contribution in [0, 0.1) is 11.8 Å². The van der Waals surface area contributed by atoms with Gasteiger partial charge in [0.2, 0.25) is 0 Å². The zero-order valence-electron chi connectivity index (χ0n) is 13.5. The smallest absolute Gasteiger partial charge is 0.0243 e. The second-order valence-corrected chi connectivity index (χ2v) is 7.24. The number of hydrogen-bond donors (Lipinski definition) is 1. The summed E-state index contributed by atoms with van der Waals surface area (Å²) in [5.74, 6) is 1.76. The molecule has 0 spiro atoms. The van der Waals surface area contributed by atoms with E-state index in [4.69, 9.17) is 0 Å². The molecule has 2 rings (SSSR count). The quantitative estimate of drug-likeness (QED) is 0.756. The fraction of sp³-hybridized carbons (Fsp3) is 1.00. The Morgan fingerprint density at radius 1 is 1.05 bits per heavy atom. The van der Waals surface area contributed by atoms with Gasteiger partial charge in [0, 0.05) is 24.7 Å². The van der Waals surface area contributed by atoms with Gasteiger partial charge in [0.15, 0.2) is 0 Å². The minimum atomic E-state index is 0.712. The highest BCUT2D eigenvalue weighted by atomic mass is 15.2. The summed E-state index contributed by atoms with van der Waals surface area (Å²) in [6.07, 6.45) is 9.92. The first-order chi connectivity index (χ1) is 9.11. The van der Waals surface area contributed by atoms with Crippen molar-refractivity contribution in [2.45, 2.75) is 83.8 Å². The van der Waals surface area contributed by atoms with Crippen molar-refractivity contribution < 1.29 is 0 Å². The third kappa shape index (κ3) is 4.46. The van der Waals surface area contributed by atoms with Gasteiger partial charge in [-0.1, -0.05) is 27.2 Å². The summed E-state index contributed by atoms with van der Waals surface area (Å²) < 4.78 is 0. The SMILES string of the molecule is CCC1CCC(N(C)C(CNC2CC2)C(C)C)CC1. The van der Waals surface area contributed by atoms with E-state index in [1.54, 1.807) is 0 Å². The molecule has 1 N–H and O–H groups in total.